The van der Waals surface area contributed by atoms with E-state index >= 15 is 0 Å². The van der Waals surface area contributed by atoms with Gasteiger partial charge in [0.25, 0.3) is 15.9 Å². The fraction of sp³-hybridized carbons (Fsp3) is 0.462. The molecule has 0 spiro atoms. The number of methoxy groups -OCH3 is 1. The highest BCUT2D eigenvalue weighted by Crippen LogP contribution is 2.36. The lowest BCUT2D eigenvalue weighted by molar-refractivity contribution is -0.132. The third kappa shape index (κ3) is 1.97. The predicted octanol–water partition coefficient (Wildman–Crippen LogP) is 0.604. The summed E-state index contributed by atoms with van der Waals surface area (Å²) in [6.45, 7) is 3.18. The molecule has 6 nitrogen and oxygen atoms in total. The molecule has 20 heavy (non-hydrogen) atoms. The van der Waals surface area contributed by atoms with Crippen LogP contribution in [-0.2, 0) is 27.9 Å². The number of rotatable bonds is 4. The summed E-state index contributed by atoms with van der Waals surface area (Å²) in [6, 6.07) is 5.23. The molecule has 1 aliphatic heterocycles. The second-order valence-electron chi connectivity index (χ2n) is 5.18. The summed E-state index contributed by atoms with van der Waals surface area (Å²) in [5.41, 5.74) is 7.09. The summed E-state index contributed by atoms with van der Waals surface area (Å²) in [6.07, 6.45) is 0. The number of hydrogen-bond acceptors (Lipinski definition) is 5. The van der Waals surface area contributed by atoms with Crippen molar-refractivity contribution in [2.24, 2.45) is 5.73 Å². The normalized spacial score (nSPS) is 19.6. The van der Waals surface area contributed by atoms with E-state index in [1.807, 2.05) is 0 Å². The third-order valence-electron chi connectivity index (χ3n) is 3.57. The Hall–Kier alpha value is -1.60. The average molecular weight is 298 g/mol. The zero-order valence-electron chi connectivity index (χ0n) is 11.7. The molecule has 1 fully saturated rings. The van der Waals surface area contributed by atoms with Crippen molar-refractivity contribution in [2.75, 3.05) is 7.11 Å². The van der Waals surface area contributed by atoms with Crippen LogP contribution >= 0.6 is 0 Å². The van der Waals surface area contributed by atoms with Crippen LogP contribution in [0.2, 0.25) is 0 Å². The van der Waals surface area contributed by atoms with E-state index in [0.717, 1.165) is 9.87 Å². The number of sulfonamides is 1. The second kappa shape index (κ2) is 4.75. The van der Waals surface area contributed by atoms with Gasteiger partial charge in [0.1, 0.15) is 5.75 Å². The molecular weight excluding hydrogens is 280 g/mol. The molecule has 110 valence electrons. The Bertz CT molecular complexity index is 652. The molecule has 1 aromatic rings. The molecule has 1 saturated heterocycles. The smallest absolute Gasteiger partial charge is 0.259 e. The van der Waals surface area contributed by atoms with Crippen LogP contribution in [0.1, 0.15) is 25.0 Å². The highest BCUT2D eigenvalue weighted by molar-refractivity contribution is 7.94. The SMILES string of the molecule is COc1cc(CN2C(=O)C(C)(C)S2(=O)=O)ccc1CN. The molecule has 0 unspecified atom stereocenters. The van der Waals surface area contributed by atoms with Gasteiger partial charge in [0.05, 0.1) is 13.7 Å². The lowest BCUT2D eigenvalue weighted by Crippen LogP contribution is -2.66. The molecular formula is C13H18N2O4S. The number of benzene rings is 1. The molecule has 2 rings (SSSR count). The largest absolute Gasteiger partial charge is 0.496 e. The fourth-order valence-corrected chi connectivity index (χ4v) is 3.65. The number of hydrogen-bond donors (Lipinski definition) is 1. The summed E-state index contributed by atoms with van der Waals surface area (Å²) in [5.74, 6) is 0.203. The van der Waals surface area contributed by atoms with E-state index in [1.54, 1.807) is 18.2 Å². The Morgan fingerprint density at radius 2 is 2.00 bits per heavy atom. The van der Waals surface area contributed by atoms with Gasteiger partial charge in [0.15, 0.2) is 4.75 Å². The van der Waals surface area contributed by atoms with Crippen molar-refractivity contribution in [3.8, 4) is 5.75 Å². The lowest BCUT2D eigenvalue weighted by atomic mass is 10.1. The van der Waals surface area contributed by atoms with E-state index in [1.165, 1.54) is 21.0 Å². The van der Waals surface area contributed by atoms with Crippen molar-refractivity contribution in [3.05, 3.63) is 29.3 Å². The van der Waals surface area contributed by atoms with E-state index in [9.17, 15) is 13.2 Å². The zero-order chi connectivity index (χ0) is 15.1. The minimum atomic E-state index is -3.56. The molecule has 0 saturated carbocycles. The van der Waals surface area contributed by atoms with E-state index in [4.69, 9.17) is 10.5 Å². The van der Waals surface area contributed by atoms with Crippen molar-refractivity contribution in [1.82, 2.24) is 4.31 Å². The minimum Gasteiger partial charge on any atom is -0.496 e. The number of carbonyl (C=O) groups excluding carboxylic acids is 1. The second-order valence-corrected chi connectivity index (χ2v) is 7.59. The molecule has 1 heterocycles. The first kappa shape index (κ1) is 14.8. The molecule has 7 heteroatoms. The number of carbonyl (C=O) groups is 1. The maximum atomic E-state index is 12.0. The molecule has 0 aromatic heterocycles. The van der Waals surface area contributed by atoms with Gasteiger partial charge in [-0.1, -0.05) is 12.1 Å². The molecule has 0 atom stereocenters. The monoisotopic (exact) mass is 298 g/mol. The average Bonchev–Trinajstić information content (AvgIpc) is 2.43. The zero-order valence-corrected chi connectivity index (χ0v) is 12.5. The summed E-state index contributed by atoms with van der Waals surface area (Å²) in [7, 11) is -2.04. The van der Waals surface area contributed by atoms with Crippen LogP contribution in [0.4, 0.5) is 0 Å². The molecule has 0 radical (unpaired) electrons. The standard InChI is InChI=1S/C13H18N2O4S/c1-13(2)12(16)15(20(13,17)18)8-9-4-5-10(7-14)11(6-9)19-3/h4-6H,7-8,14H2,1-3H3. The number of nitrogens with zero attached hydrogens (tertiary/aromatic N) is 1. The van der Waals surface area contributed by atoms with Crippen LogP contribution in [-0.4, -0.2) is 30.5 Å². The first-order valence-corrected chi connectivity index (χ1v) is 7.62. The van der Waals surface area contributed by atoms with Gasteiger partial charge in [-0.3, -0.25) is 4.79 Å². The van der Waals surface area contributed by atoms with E-state index < -0.39 is 14.8 Å². The predicted molar refractivity (Wildman–Crippen MR) is 74.4 cm³/mol. The lowest BCUT2D eigenvalue weighted by Gasteiger charge is -2.43. The molecule has 2 N–H and O–H groups in total. The molecule has 0 bridgehead atoms. The molecule has 0 aliphatic carbocycles. The van der Waals surface area contributed by atoms with Crippen molar-refractivity contribution >= 4 is 15.9 Å². The first-order chi connectivity index (χ1) is 9.25. The minimum absolute atomic E-state index is 0.0197. The molecule has 1 aromatic carbocycles. The summed E-state index contributed by atoms with van der Waals surface area (Å²) < 4.78 is 28.8. The number of ether oxygens (including phenoxy) is 1. The topological polar surface area (TPSA) is 89.7 Å². The van der Waals surface area contributed by atoms with E-state index in [-0.39, 0.29) is 12.5 Å². The van der Waals surface area contributed by atoms with Crippen LogP contribution < -0.4 is 10.5 Å². The van der Waals surface area contributed by atoms with Gasteiger partial charge >= 0.3 is 0 Å². The quantitative estimate of drug-likeness (QED) is 0.879. The van der Waals surface area contributed by atoms with E-state index in [2.05, 4.69) is 0 Å². The Morgan fingerprint density at radius 1 is 1.35 bits per heavy atom. The summed E-state index contributed by atoms with van der Waals surface area (Å²) >= 11 is 0. The van der Waals surface area contributed by atoms with Gasteiger partial charge < -0.3 is 10.5 Å². The van der Waals surface area contributed by atoms with Crippen LogP contribution in [0.25, 0.3) is 0 Å². The first-order valence-electron chi connectivity index (χ1n) is 6.18. The van der Waals surface area contributed by atoms with Gasteiger partial charge in [-0.25, -0.2) is 12.7 Å². The van der Waals surface area contributed by atoms with Gasteiger partial charge in [0.2, 0.25) is 0 Å². The van der Waals surface area contributed by atoms with Gasteiger partial charge in [0, 0.05) is 12.1 Å². The molecule has 1 amide bonds. The van der Waals surface area contributed by atoms with Gasteiger partial charge in [-0.05, 0) is 25.5 Å². The van der Waals surface area contributed by atoms with Crippen LogP contribution in [0.3, 0.4) is 0 Å². The van der Waals surface area contributed by atoms with Crippen LogP contribution in [0, 0.1) is 0 Å². The fourth-order valence-electron chi connectivity index (χ4n) is 2.13. The van der Waals surface area contributed by atoms with Gasteiger partial charge in [-0.15, -0.1) is 0 Å². The highest BCUT2D eigenvalue weighted by atomic mass is 32.2. The van der Waals surface area contributed by atoms with Crippen LogP contribution in [0.15, 0.2) is 18.2 Å². The van der Waals surface area contributed by atoms with E-state index in [0.29, 0.717) is 17.9 Å². The van der Waals surface area contributed by atoms with Crippen molar-refractivity contribution in [3.63, 3.8) is 0 Å². The van der Waals surface area contributed by atoms with Crippen molar-refractivity contribution < 1.29 is 17.9 Å². The van der Waals surface area contributed by atoms with Gasteiger partial charge in [-0.2, -0.15) is 0 Å². The Morgan fingerprint density at radius 3 is 2.50 bits per heavy atom. The third-order valence-corrected chi connectivity index (χ3v) is 5.91. The Labute approximate surface area is 118 Å². The Balaban J connectivity index is 2.27. The van der Waals surface area contributed by atoms with Crippen molar-refractivity contribution in [2.45, 2.75) is 31.7 Å². The number of nitrogens with two attached hydrogens (primary N) is 1. The maximum absolute atomic E-state index is 12.0. The molecule has 1 aliphatic rings. The number of amides is 1. The Kier molecular flexibility index (Phi) is 3.51. The van der Waals surface area contributed by atoms with Crippen molar-refractivity contribution in [1.29, 1.82) is 0 Å². The summed E-state index contributed by atoms with van der Waals surface area (Å²) in [4.78, 5) is 11.9. The highest BCUT2D eigenvalue weighted by Gasteiger charge is 2.59. The summed E-state index contributed by atoms with van der Waals surface area (Å²) in [5, 5.41) is 0. The van der Waals surface area contributed by atoms with Crippen LogP contribution in [0.5, 0.6) is 5.75 Å². The maximum Gasteiger partial charge on any atom is 0.259 e.